The lowest BCUT2D eigenvalue weighted by Gasteiger charge is -2.67. The first-order chi connectivity index (χ1) is 31.7. The predicted octanol–water partition coefficient (Wildman–Crippen LogP) is 5.21. The van der Waals surface area contributed by atoms with Crippen LogP contribution in [0.3, 0.4) is 0 Å². The van der Waals surface area contributed by atoms with E-state index in [2.05, 4.69) is 5.32 Å². The van der Waals surface area contributed by atoms with Gasteiger partial charge in [-0.1, -0.05) is 76.2 Å². The summed E-state index contributed by atoms with van der Waals surface area (Å²) >= 11 is 0. The highest BCUT2D eigenvalue weighted by molar-refractivity contribution is 5.94. The van der Waals surface area contributed by atoms with Crippen LogP contribution in [0.25, 0.3) is 0 Å². The predicted molar refractivity (Wildman–Crippen MR) is 241 cm³/mol. The second-order valence-corrected chi connectivity index (χ2v) is 20.5. The minimum Gasteiger partial charge on any atom is -0.455 e. The van der Waals surface area contributed by atoms with Crippen LogP contribution >= 0.6 is 0 Å². The Hall–Kier alpha value is -5.49. The molecule has 0 spiro atoms. The molecule has 3 fully saturated rings. The van der Waals surface area contributed by atoms with Gasteiger partial charge in [-0.15, -0.1) is 0 Å². The molecule has 370 valence electrons. The molecule has 68 heavy (non-hydrogen) atoms. The number of carbonyl (C=O) groups excluding carboxylic acids is 7. The van der Waals surface area contributed by atoms with Crippen molar-refractivity contribution >= 4 is 41.5 Å². The van der Waals surface area contributed by atoms with Crippen molar-refractivity contribution < 1.29 is 77.3 Å². The van der Waals surface area contributed by atoms with Crippen LogP contribution in [0, 0.1) is 22.7 Å². The van der Waals surface area contributed by atoms with Crippen molar-refractivity contribution in [2.24, 2.45) is 22.7 Å². The molecule has 1 aliphatic heterocycles. The minimum atomic E-state index is -2.43. The van der Waals surface area contributed by atoms with Crippen LogP contribution in [0.4, 0.5) is 4.79 Å². The molecule has 3 aliphatic carbocycles. The maximum atomic E-state index is 15.2. The summed E-state index contributed by atoms with van der Waals surface area (Å²) in [6, 6.07) is 14.5. The second kappa shape index (κ2) is 19.5. The lowest BCUT2D eigenvalue weighted by atomic mass is 9.44. The number of ether oxygens (including phenoxy) is 6. The second-order valence-electron chi connectivity index (χ2n) is 20.5. The summed E-state index contributed by atoms with van der Waals surface area (Å²) in [6.45, 7) is 15.1. The van der Waals surface area contributed by atoms with E-state index in [9.17, 15) is 39.3 Å². The Kier molecular flexibility index (Phi) is 14.9. The van der Waals surface area contributed by atoms with Gasteiger partial charge in [0.25, 0.3) is 0 Å². The highest BCUT2D eigenvalue weighted by Crippen LogP contribution is 2.64. The highest BCUT2D eigenvalue weighted by Gasteiger charge is 2.78. The van der Waals surface area contributed by atoms with Crippen molar-refractivity contribution in [3.8, 4) is 0 Å². The largest absolute Gasteiger partial charge is 0.455 e. The maximum absolute atomic E-state index is 15.2. The quantitative estimate of drug-likeness (QED) is 0.108. The van der Waals surface area contributed by atoms with Crippen molar-refractivity contribution in [3.05, 3.63) is 82.9 Å². The summed E-state index contributed by atoms with van der Waals surface area (Å²) in [6.07, 6.45) is -12.0. The third-order valence-electron chi connectivity index (χ3n) is 14.3. The summed E-state index contributed by atoms with van der Waals surface area (Å²) in [5, 5.41) is 40.8. The van der Waals surface area contributed by atoms with Gasteiger partial charge in [-0.05, 0) is 69.9 Å². The van der Waals surface area contributed by atoms with E-state index in [1.54, 1.807) is 83.1 Å². The molecule has 1 amide bonds. The molecule has 0 unspecified atom stereocenters. The molecule has 2 saturated carbocycles. The maximum Gasteiger partial charge on any atom is 0.408 e. The molecule has 2 aromatic carbocycles. The van der Waals surface area contributed by atoms with E-state index in [1.165, 1.54) is 39.8 Å². The molecule has 2 bridgehead atoms. The number of hydrogen-bond acceptors (Lipinski definition) is 16. The molecule has 17 nitrogen and oxygen atoms in total. The average Bonchev–Trinajstić information content (AvgIpc) is 3.25. The van der Waals surface area contributed by atoms with E-state index in [0.717, 1.165) is 6.92 Å². The van der Waals surface area contributed by atoms with Crippen LogP contribution in [0.2, 0.25) is 0 Å². The van der Waals surface area contributed by atoms with Gasteiger partial charge in [0.2, 0.25) is 6.10 Å². The molecule has 17 heteroatoms. The number of hydrogen-bond donors (Lipinski definition) is 4. The van der Waals surface area contributed by atoms with Crippen LogP contribution in [0.1, 0.15) is 123 Å². The third-order valence-corrected chi connectivity index (χ3v) is 14.3. The van der Waals surface area contributed by atoms with Gasteiger partial charge in [0.05, 0.1) is 29.6 Å². The minimum absolute atomic E-state index is 0.0525. The van der Waals surface area contributed by atoms with Gasteiger partial charge in [-0.3, -0.25) is 19.2 Å². The van der Waals surface area contributed by atoms with Crippen molar-refractivity contribution in [2.45, 2.75) is 161 Å². The number of nitrogens with one attached hydrogen (secondary N) is 1. The summed E-state index contributed by atoms with van der Waals surface area (Å²) in [5.74, 6) is -6.77. The van der Waals surface area contributed by atoms with Crippen LogP contribution in [-0.4, -0.2) is 117 Å². The Morgan fingerprint density at radius 1 is 0.912 bits per heavy atom. The summed E-state index contributed by atoms with van der Waals surface area (Å²) < 4.78 is 36.0. The molecule has 4 N–H and O–H groups in total. The smallest absolute Gasteiger partial charge is 0.408 e. The fraction of sp³-hybridized carbons (Fsp3) is 0.588. The summed E-state index contributed by atoms with van der Waals surface area (Å²) in [5.41, 5.74) is -8.62. The van der Waals surface area contributed by atoms with Gasteiger partial charge in [-0.25, -0.2) is 14.4 Å². The third kappa shape index (κ3) is 9.72. The molecule has 1 heterocycles. The first-order valence-corrected chi connectivity index (χ1v) is 23.1. The van der Waals surface area contributed by atoms with E-state index >= 15 is 9.59 Å². The molecule has 11 atom stereocenters. The zero-order valence-corrected chi connectivity index (χ0v) is 40.4. The number of fused-ring (bicyclic) bond motifs is 5. The van der Waals surface area contributed by atoms with E-state index in [0.29, 0.717) is 5.56 Å². The van der Waals surface area contributed by atoms with Crippen molar-refractivity contribution in [3.63, 3.8) is 0 Å². The van der Waals surface area contributed by atoms with Crippen LogP contribution in [0.15, 0.2) is 71.8 Å². The first-order valence-electron chi connectivity index (χ1n) is 23.1. The van der Waals surface area contributed by atoms with Crippen molar-refractivity contribution in [2.75, 3.05) is 6.61 Å². The van der Waals surface area contributed by atoms with Gasteiger partial charge in [-0.2, -0.15) is 0 Å². The lowest BCUT2D eigenvalue weighted by Crippen LogP contribution is -2.81. The Bertz CT molecular complexity index is 2300. The van der Waals surface area contributed by atoms with Crippen molar-refractivity contribution in [1.29, 1.82) is 0 Å². The van der Waals surface area contributed by atoms with Crippen molar-refractivity contribution in [1.82, 2.24) is 5.32 Å². The standard InChI is InChI=1S/C51H65NO16/c1-27(2)32(54)22-17-23-36(56)65-40(38(30-18-13-11-14-19-30)52-46(61)68-47(5,6)7)45(60)64-33-25-51(62)43(66-44(59)31-20-15-12-16-21-31)41-49(10,42(58)39(57)37(28(33)3)48(51,8)9)34(55)24-35-50(41,26-63-35)67-29(4)53/h11-16,18-21,27,33-35,38-41,43,55,57,62H,17,22-26H2,1-10H3,(H,52,61)/t33-,34-,35+,38-,39+,40+,41-,43-,49+,50-,51+/m0/s1. The molecule has 1 saturated heterocycles. The number of rotatable bonds is 14. The molecular formula is C51H65NO16. The van der Waals surface area contributed by atoms with Gasteiger partial charge in [0.15, 0.2) is 11.4 Å². The number of aliphatic hydroxyl groups is 3. The van der Waals surface area contributed by atoms with E-state index in [4.69, 9.17) is 28.4 Å². The van der Waals surface area contributed by atoms with Gasteiger partial charge in [0, 0.05) is 43.9 Å². The number of Topliss-reactive ketones (excluding diaryl/α,β-unsaturated/α-hetero) is 2. The Morgan fingerprint density at radius 3 is 2.09 bits per heavy atom. The Labute approximate surface area is 396 Å². The van der Waals surface area contributed by atoms with Crippen LogP contribution in [-0.2, 0) is 52.4 Å². The van der Waals surface area contributed by atoms with Crippen LogP contribution in [0.5, 0.6) is 0 Å². The van der Waals surface area contributed by atoms with E-state index in [1.807, 2.05) is 0 Å². The van der Waals surface area contributed by atoms with Gasteiger partial charge < -0.3 is 49.1 Å². The lowest BCUT2D eigenvalue weighted by molar-refractivity contribution is -0.346. The average molecular weight is 948 g/mol. The van der Waals surface area contributed by atoms with Gasteiger partial charge >= 0.3 is 30.0 Å². The number of carbonyl (C=O) groups is 7. The molecule has 2 aromatic rings. The number of benzene rings is 2. The zero-order valence-electron chi connectivity index (χ0n) is 40.4. The first kappa shape index (κ1) is 51.9. The number of esters is 4. The molecule has 6 rings (SSSR count). The molecular weight excluding hydrogens is 883 g/mol. The fourth-order valence-corrected chi connectivity index (χ4v) is 10.6. The van der Waals surface area contributed by atoms with E-state index < -0.39 is 118 Å². The molecule has 4 aliphatic rings. The SMILES string of the molecule is CC(=O)O[C@@]12CO[C@@H]1C[C@H](O)[C@@]1(C)C(=O)[C@H](O)C3=C(C)[C@@H](OC(=O)[C@H](OC(=O)CCCC(=O)C(C)C)[C@@H](NC(=O)OC(C)(C)C)c4ccccc4)C[C@@](O)([C@@H](OC(=O)c4ccccc4)[C@H]21)C3(C)C. The number of ketones is 2. The topological polar surface area (TPSA) is 248 Å². The molecule has 0 aromatic heterocycles. The fourth-order valence-electron chi connectivity index (χ4n) is 10.6. The zero-order chi connectivity index (χ0) is 50.3. The van der Waals surface area contributed by atoms with Gasteiger partial charge in [0.1, 0.15) is 47.4 Å². The monoisotopic (exact) mass is 947 g/mol. The molecule has 0 radical (unpaired) electrons. The Morgan fingerprint density at radius 2 is 1.53 bits per heavy atom. The number of aliphatic hydroxyl groups excluding tert-OH is 2. The Balaban J connectivity index is 1.50. The number of alkyl carbamates (subject to hydrolysis) is 1. The highest BCUT2D eigenvalue weighted by atomic mass is 16.6. The number of amides is 1. The van der Waals surface area contributed by atoms with E-state index in [-0.39, 0.29) is 60.7 Å². The summed E-state index contributed by atoms with van der Waals surface area (Å²) in [4.78, 5) is 97.1. The normalized spacial score (nSPS) is 30.4. The summed E-state index contributed by atoms with van der Waals surface area (Å²) in [7, 11) is 0. The van der Waals surface area contributed by atoms with Crippen LogP contribution < -0.4 is 5.32 Å².